The summed E-state index contributed by atoms with van der Waals surface area (Å²) in [5.41, 5.74) is 20.2. The maximum absolute atomic E-state index is 2.41. The molecule has 12 rings (SSSR count). The summed E-state index contributed by atoms with van der Waals surface area (Å²) in [6.07, 6.45) is 0.928. The van der Waals surface area contributed by atoms with E-state index >= 15 is 0 Å². The molecule has 2 nitrogen and oxygen atoms in total. The predicted octanol–water partition coefficient (Wildman–Crippen LogP) is 14.5. The Morgan fingerprint density at radius 3 is 1.53 bits per heavy atom. The summed E-state index contributed by atoms with van der Waals surface area (Å²) in [5, 5.41) is 5.10. The molecule has 0 unspecified atom stereocenters. The highest BCUT2D eigenvalue weighted by Crippen LogP contribution is 2.44. The van der Waals surface area contributed by atoms with E-state index in [0.29, 0.717) is 0 Å². The lowest BCUT2D eigenvalue weighted by Crippen LogP contribution is -1.95. The van der Waals surface area contributed by atoms with Gasteiger partial charge in [0.25, 0.3) is 0 Å². The number of hydrogen-bond donors (Lipinski definition) is 0. The third-order valence-electron chi connectivity index (χ3n) is 12.2. The third kappa shape index (κ3) is 4.97. The van der Waals surface area contributed by atoms with Crippen molar-refractivity contribution < 1.29 is 0 Å². The molecule has 266 valence electrons. The van der Waals surface area contributed by atoms with Gasteiger partial charge in [-0.25, -0.2) is 0 Å². The van der Waals surface area contributed by atoms with Crippen LogP contribution in [-0.4, -0.2) is 9.13 Å². The van der Waals surface area contributed by atoms with Crippen molar-refractivity contribution in [1.29, 1.82) is 0 Å². The van der Waals surface area contributed by atoms with Crippen LogP contribution in [0.1, 0.15) is 11.1 Å². The number of fused-ring (bicyclic) bond motifs is 9. The number of rotatable bonds is 5. The minimum Gasteiger partial charge on any atom is -0.309 e. The van der Waals surface area contributed by atoms with E-state index in [0.717, 1.165) is 6.42 Å². The Morgan fingerprint density at radius 1 is 0.281 bits per heavy atom. The second-order valence-corrected chi connectivity index (χ2v) is 15.3. The monoisotopic (exact) mass is 724 g/mol. The number of nitrogens with zero attached hydrogens (tertiary/aromatic N) is 2. The Kier molecular flexibility index (Phi) is 7.02. The number of para-hydroxylation sites is 4. The Balaban J connectivity index is 0.912. The Labute approximate surface area is 331 Å². The van der Waals surface area contributed by atoms with Gasteiger partial charge in [0.1, 0.15) is 0 Å². The smallest absolute Gasteiger partial charge is 0.0541 e. The molecular formula is C55H36N2. The van der Waals surface area contributed by atoms with Gasteiger partial charge in [0.15, 0.2) is 0 Å². The molecule has 0 atom stereocenters. The van der Waals surface area contributed by atoms with Gasteiger partial charge in [-0.05, 0) is 129 Å². The number of hydrogen-bond acceptors (Lipinski definition) is 0. The fourth-order valence-corrected chi connectivity index (χ4v) is 9.55. The second-order valence-electron chi connectivity index (χ2n) is 15.3. The van der Waals surface area contributed by atoms with E-state index in [1.807, 2.05) is 0 Å². The van der Waals surface area contributed by atoms with Crippen LogP contribution in [-0.2, 0) is 6.42 Å². The molecule has 2 heterocycles. The first-order valence-electron chi connectivity index (χ1n) is 19.8. The minimum absolute atomic E-state index is 0.928. The van der Waals surface area contributed by atoms with Crippen molar-refractivity contribution in [3.63, 3.8) is 0 Å². The van der Waals surface area contributed by atoms with Gasteiger partial charge < -0.3 is 9.13 Å². The normalized spacial score (nSPS) is 12.1. The third-order valence-corrected chi connectivity index (χ3v) is 12.2. The van der Waals surface area contributed by atoms with Gasteiger partial charge in [-0.2, -0.15) is 0 Å². The van der Waals surface area contributed by atoms with Gasteiger partial charge in [-0.15, -0.1) is 0 Å². The number of benzene rings is 9. The lowest BCUT2D eigenvalue weighted by Gasteiger charge is -2.13. The predicted molar refractivity (Wildman–Crippen MR) is 240 cm³/mol. The van der Waals surface area contributed by atoms with E-state index < -0.39 is 0 Å². The summed E-state index contributed by atoms with van der Waals surface area (Å²) in [7, 11) is 0. The topological polar surface area (TPSA) is 9.86 Å². The van der Waals surface area contributed by atoms with Crippen molar-refractivity contribution in [3.8, 4) is 55.9 Å². The first-order valence-corrected chi connectivity index (χ1v) is 19.8. The van der Waals surface area contributed by atoms with E-state index in [4.69, 9.17) is 0 Å². The summed E-state index contributed by atoms with van der Waals surface area (Å²) in [6, 6.07) is 75.8. The highest BCUT2D eigenvalue weighted by Gasteiger charge is 2.23. The zero-order chi connectivity index (χ0) is 37.5. The molecule has 0 fully saturated rings. The first-order chi connectivity index (χ1) is 28.3. The summed E-state index contributed by atoms with van der Waals surface area (Å²) in [6.45, 7) is 0. The maximum atomic E-state index is 2.41. The maximum Gasteiger partial charge on any atom is 0.0541 e. The average Bonchev–Trinajstić information content (AvgIpc) is 3.94. The van der Waals surface area contributed by atoms with Crippen LogP contribution in [0.3, 0.4) is 0 Å². The Hall–Kier alpha value is -7.42. The zero-order valence-electron chi connectivity index (χ0n) is 31.2. The Morgan fingerprint density at radius 2 is 0.789 bits per heavy atom. The second kappa shape index (κ2) is 12.6. The van der Waals surface area contributed by atoms with Gasteiger partial charge in [0.2, 0.25) is 0 Å². The molecule has 11 aromatic rings. The summed E-state index contributed by atoms with van der Waals surface area (Å²) in [5.74, 6) is 0. The highest BCUT2D eigenvalue weighted by atomic mass is 15.0. The first kappa shape index (κ1) is 31.9. The molecule has 0 N–H and O–H groups in total. The lowest BCUT2D eigenvalue weighted by atomic mass is 9.94. The molecule has 57 heavy (non-hydrogen) atoms. The van der Waals surface area contributed by atoms with E-state index in [1.165, 1.54) is 111 Å². The molecule has 2 heteroatoms. The van der Waals surface area contributed by atoms with E-state index in [9.17, 15) is 0 Å². The molecule has 9 aromatic carbocycles. The largest absolute Gasteiger partial charge is 0.309 e. The standard InChI is InChI=1S/C55H36N2/c1-2-16-42(17-3-1)56-54-26-9-6-21-48(54)51-34-39(29-30-55(51)56)37-14-10-13-36(31-37)38-27-28-41-35-50-44(22-12-23-45(50)49(41)33-38)40-15-11-18-43(32-40)57-52-24-7-4-19-46(52)47-20-5-8-25-53(47)57/h1-34H,35H2. The molecular weight excluding hydrogens is 689 g/mol. The molecule has 2 aromatic heterocycles. The van der Waals surface area contributed by atoms with Gasteiger partial charge in [0.05, 0.1) is 22.1 Å². The molecule has 1 aliphatic carbocycles. The van der Waals surface area contributed by atoms with Crippen LogP contribution in [0, 0.1) is 0 Å². The Bertz CT molecular complexity index is 3330. The van der Waals surface area contributed by atoms with E-state index in [1.54, 1.807) is 0 Å². The van der Waals surface area contributed by atoms with Crippen molar-refractivity contribution in [1.82, 2.24) is 9.13 Å². The molecule has 0 spiro atoms. The average molecular weight is 725 g/mol. The van der Waals surface area contributed by atoms with E-state index in [2.05, 4.69) is 215 Å². The fourth-order valence-electron chi connectivity index (χ4n) is 9.55. The highest BCUT2D eigenvalue weighted by molar-refractivity contribution is 6.11. The quantitative estimate of drug-likeness (QED) is 0.167. The van der Waals surface area contributed by atoms with Crippen LogP contribution < -0.4 is 0 Å². The van der Waals surface area contributed by atoms with Crippen molar-refractivity contribution in [3.05, 3.63) is 217 Å². The van der Waals surface area contributed by atoms with Crippen LogP contribution >= 0.6 is 0 Å². The molecule has 0 amide bonds. The fraction of sp³-hybridized carbons (Fsp3) is 0.0182. The van der Waals surface area contributed by atoms with Crippen molar-refractivity contribution in [2.75, 3.05) is 0 Å². The van der Waals surface area contributed by atoms with Gasteiger partial charge in [-0.3, -0.25) is 0 Å². The van der Waals surface area contributed by atoms with Crippen molar-refractivity contribution in [2.24, 2.45) is 0 Å². The summed E-state index contributed by atoms with van der Waals surface area (Å²) < 4.78 is 4.79. The summed E-state index contributed by atoms with van der Waals surface area (Å²) >= 11 is 0. The van der Waals surface area contributed by atoms with Gasteiger partial charge in [-0.1, -0.05) is 140 Å². The van der Waals surface area contributed by atoms with Crippen LogP contribution in [0.15, 0.2) is 206 Å². The number of aromatic nitrogens is 2. The van der Waals surface area contributed by atoms with Crippen LogP contribution in [0.2, 0.25) is 0 Å². The van der Waals surface area contributed by atoms with Crippen molar-refractivity contribution in [2.45, 2.75) is 6.42 Å². The molecule has 0 saturated heterocycles. The summed E-state index contributed by atoms with van der Waals surface area (Å²) in [4.78, 5) is 0. The van der Waals surface area contributed by atoms with Crippen LogP contribution in [0.5, 0.6) is 0 Å². The van der Waals surface area contributed by atoms with Crippen LogP contribution in [0.4, 0.5) is 0 Å². The molecule has 1 aliphatic rings. The molecule has 0 saturated carbocycles. The molecule has 0 radical (unpaired) electrons. The van der Waals surface area contributed by atoms with Gasteiger partial charge in [0, 0.05) is 32.9 Å². The minimum atomic E-state index is 0.928. The molecule has 0 aliphatic heterocycles. The van der Waals surface area contributed by atoms with Crippen LogP contribution in [0.25, 0.3) is 99.5 Å². The van der Waals surface area contributed by atoms with Crippen molar-refractivity contribution >= 4 is 43.6 Å². The molecule has 0 bridgehead atoms. The zero-order valence-corrected chi connectivity index (χ0v) is 31.2. The van der Waals surface area contributed by atoms with E-state index in [-0.39, 0.29) is 0 Å². The van der Waals surface area contributed by atoms with Gasteiger partial charge >= 0.3 is 0 Å². The lowest BCUT2D eigenvalue weighted by molar-refractivity contribution is 1.18. The SMILES string of the molecule is c1ccc(-n2c3ccccc3c3cc(-c4cccc(-c5ccc6c(c5)-c5cccc(-c7cccc(-n8c9ccccc9c9ccccc98)c7)c5C6)c4)ccc32)cc1.